The zero-order valence-electron chi connectivity index (χ0n) is 13.2. The Bertz CT molecular complexity index is 504. The summed E-state index contributed by atoms with van der Waals surface area (Å²) in [7, 11) is 0. The molecule has 0 aliphatic heterocycles. The van der Waals surface area contributed by atoms with Gasteiger partial charge in [0.1, 0.15) is 0 Å². The van der Waals surface area contributed by atoms with Crippen molar-refractivity contribution in [2.45, 2.75) is 57.8 Å². The molecular weight excluding hydrogens is 320 g/mol. The number of benzene rings is 1. The molecule has 0 aliphatic carbocycles. The molecule has 1 unspecified atom stereocenters. The van der Waals surface area contributed by atoms with Crippen LogP contribution in [0.1, 0.15) is 56.6 Å². The second-order valence-electron chi connectivity index (χ2n) is 6.28. The Labute approximate surface area is 131 Å². The Morgan fingerprint density at radius 2 is 1.43 bits per heavy atom. The van der Waals surface area contributed by atoms with Crippen LogP contribution >= 0.6 is 0 Å². The van der Waals surface area contributed by atoms with Gasteiger partial charge in [-0.15, -0.1) is 0 Å². The molecule has 23 heavy (non-hydrogen) atoms. The molecule has 7 heteroatoms. The van der Waals surface area contributed by atoms with Crippen LogP contribution in [0.3, 0.4) is 0 Å². The van der Waals surface area contributed by atoms with E-state index in [0.717, 1.165) is 24.6 Å². The van der Waals surface area contributed by atoms with Gasteiger partial charge in [-0.05, 0) is 35.4 Å². The average Bonchev–Trinajstić information content (AvgIpc) is 2.34. The molecule has 132 valence electrons. The number of nitrogen functional groups attached to an aromatic ring is 1. The molecule has 0 amide bonds. The molecule has 0 saturated heterocycles. The van der Waals surface area contributed by atoms with Gasteiger partial charge in [0, 0.05) is 5.69 Å². The fourth-order valence-electron chi connectivity index (χ4n) is 2.50. The van der Waals surface area contributed by atoms with Crippen LogP contribution in [-0.4, -0.2) is 12.4 Å². The van der Waals surface area contributed by atoms with E-state index < -0.39 is 23.8 Å². The highest BCUT2D eigenvalue weighted by Gasteiger charge is 2.57. The van der Waals surface area contributed by atoms with E-state index in [1.165, 1.54) is 0 Å². The van der Waals surface area contributed by atoms with Crippen molar-refractivity contribution in [1.82, 2.24) is 0 Å². The summed E-state index contributed by atoms with van der Waals surface area (Å²) in [5.74, 6) is -3.31. The molecule has 0 aromatic heterocycles. The topological polar surface area (TPSA) is 26.0 Å². The predicted octanol–water partition coefficient (Wildman–Crippen LogP) is 6.02. The van der Waals surface area contributed by atoms with Crippen LogP contribution in [0.15, 0.2) is 18.2 Å². The molecule has 0 aliphatic rings. The third-order valence-electron chi connectivity index (χ3n) is 3.81. The molecule has 1 rings (SSSR count). The first kappa shape index (κ1) is 19.6. The Kier molecular flexibility index (Phi) is 5.99. The van der Waals surface area contributed by atoms with Gasteiger partial charge in [-0.3, -0.25) is 0 Å². The molecule has 0 radical (unpaired) electrons. The van der Waals surface area contributed by atoms with E-state index in [0.29, 0.717) is 17.9 Å². The van der Waals surface area contributed by atoms with Crippen molar-refractivity contribution in [3.63, 3.8) is 0 Å². The van der Waals surface area contributed by atoms with E-state index in [4.69, 9.17) is 5.73 Å². The maximum Gasteiger partial charge on any atom is 0.404 e. The standard InChI is InChI=1S/C16H21F6N/c1-9(2)4-5-10(3)12-8-11(6-7-13(12)23)14(15(17,18)19)16(20,21)22/h6-10,14H,4-5,23H2,1-3H3. The molecule has 2 N–H and O–H groups in total. The van der Waals surface area contributed by atoms with Crippen molar-refractivity contribution >= 4 is 5.69 Å². The Morgan fingerprint density at radius 3 is 1.87 bits per heavy atom. The van der Waals surface area contributed by atoms with Crippen molar-refractivity contribution in [1.29, 1.82) is 0 Å². The number of anilines is 1. The van der Waals surface area contributed by atoms with Gasteiger partial charge < -0.3 is 5.73 Å². The highest BCUT2D eigenvalue weighted by Crippen LogP contribution is 2.47. The SMILES string of the molecule is CC(C)CCC(C)c1cc(C(C(F)(F)F)C(F)(F)F)ccc1N. The van der Waals surface area contributed by atoms with Gasteiger partial charge in [0.25, 0.3) is 0 Å². The van der Waals surface area contributed by atoms with Crippen LogP contribution in [0.2, 0.25) is 0 Å². The summed E-state index contributed by atoms with van der Waals surface area (Å²) in [6.45, 7) is 5.75. The molecule has 1 nitrogen and oxygen atoms in total. The van der Waals surface area contributed by atoms with Gasteiger partial charge in [0.05, 0.1) is 0 Å². The van der Waals surface area contributed by atoms with Crippen molar-refractivity contribution in [3.05, 3.63) is 29.3 Å². The zero-order valence-corrected chi connectivity index (χ0v) is 13.2. The predicted molar refractivity (Wildman–Crippen MR) is 78.2 cm³/mol. The third-order valence-corrected chi connectivity index (χ3v) is 3.81. The largest absolute Gasteiger partial charge is 0.404 e. The van der Waals surface area contributed by atoms with Crippen molar-refractivity contribution in [2.24, 2.45) is 5.92 Å². The Balaban J connectivity index is 3.21. The first-order valence-electron chi connectivity index (χ1n) is 7.36. The molecule has 1 atom stereocenters. The van der Waals surface area contributed by atoms with E-state index in [1.807, 2.05) is 13.8 Å². The van der Waals surface area contributed by atoms with Crippen molar-refractivity contribution in [2.75, 3.05) is 5.73 Å². The molecule has 1 aromatic carbocycles. The van der Waals surface area contributed by atoms with Crippen LogP contribution in [0.25, 0.3) is 0 Å². The van der Waals surface area contributed by atoms with E-state index >= 15 is 0 Å². The minimum atomic E-state index is -5.40. The highest BCUT2D eigenvalue weighted by molar-refractivity contribution is 5.51. The van der Waals surface area contributed by atoms with Gasteiger partial charge in [0.2, 0.25) is 0 Å². The molecule has 0 fully saturated rings. The van der Waals surface area contributed by atoms with Crippen LogP contribution in [0.5, 0.6) is 0 Å². The molecule has 0 spiro atoms. The van der Waals surface area contributed by atoms with Gasteiger partial charge in [-0.25, -0.2) is 0 Å². The van der Waals surface area contributed by atoms with Crippen LogP contribution in [0.4, 0.5) is 32.0 Å². The monoisotopic (exact) mass is 341 g/mol. The molecule has 1 aromatic rings. The minimum Gasteiger partial charge on any atom is -0.398 e. The maximum absolute atomic E-state index is 12.8. The normalized spacial score (nSPS) is 14.6. The minimum absolute atomic E-state index is 0.209. The fraction of sp³-hybridized carbons (Fsp3) is 0.625. The van der Waals surface area contributed by atoms with Gasteiger partial charge in [0.15, 0.2) is 5.92 Å². The van der Waals surface area contributed by atoms with Gasteiger partial charge in [-0.2, -0.15) is 26.3 Å². The summed E-state index contributed by atoms with van der Waals surface area (Å²) in [5, 5.41) is 0. The lowest BCUT2D eigenvalue weighted by Crippen LogP contribution is -2.34. The molecule has 0 heterocycles. The number of hydrogen-bond donors (Lipinski definition) is 1. The number of rotatable bonds is 5. The van der Waals surface area contributed by atoms with Crippen LogP contribution in [0, 0.1) is 5.92 Å². The third kappa shape index (κ3) is 5.32. The smallest absolute Gasteiger partial charge is 0.398 e. The fourth-order valence-corrected chi connectivity index (χ4v) is 2.50. The van der Waals surface area contributed by atoms with E-state index in [-0.39, 0.29) is 11.6 Å². The first-order chi connectivity index (χ1) is 10.3. The summed E-state index contributed by atoms with van der Waals surface area (Å²) in [6, 6.07) is 2.88. The number of nitrogens with two attached hydrogens (primary N) is 1. The van der Waals surface area contributed by atoms with E-state index in [2.05, 4.69) is 0 Å². The Hall–Kier alpha value is -1.40. The lowest BCUT2D eigenvalue weighted by Gasteiger charge is -2.25. The van der Waals surface area contributed by atoms with Gasteiger partial charge in [-0.1, -0.05) is 39.3 Å². The highest BCUT2D eigenvalue weighted by atomic mass is 19.4. The van der Waals surface area contributed by atoms with E-state index in [1.54, 1.807) is 6.92 Å². The van der Waals surface area contributed by atoms with Crippen molar-refractivity contribution < 1.29 is 26.3 Å². The zero-order chi connectivity index (χ0) is 18.0. The second-order valence-corrected chi connectivity index (χ2v) is 6.28. The average molecular weight is 341 g/mol. The van der Waals surface area contributed by atoms with Gasteiger partial charge >= 0.3 is 12.4 Å². The number of hydrogen-bond acceptors (Lipinski definition) is 1. The van der Waals surface area contributed by atoms with Crippen molar-refractivity contribution in [3.8, 4) is 0 Å². The second kappa shape index (κ2) is 7.01. The summed E-state index contributed by atoms with van der Waals surface area (Å²) >= 11 is 0. The quantitative estimate of drug-likeness (QED) is 0.514. The number of halogens is 6. The summed E-state index contributed by atoms with van der Waals surface area (Å²) in [4.78, 5) is 0. The molecule has 0 bridgehead atoms. The lowest BCUT2D eigenvalue weighted by molar-refractivity contribution is -0.253. The van der Waals surface area contributed by atoms with Crippen LogP contribution < -0.4 is 5.73 Å². The van der Waals surface area contributed by atoms with E-state index in [9.17, 15) is 26.3 Å². The molecular formula is C16H21F6N. The summed E-state index contributed by atoms with van der Waals surface area (Å²) in [5.41, 5.74) is 5.49. The first-order valence-corrected chi connectivity index (χ1v) is 7.36. The summed E-state index contributed by atoms with van der Waals surface area (Å²) in [6.07, 6.45) is -9.33. The lowest BCUT2D eigenvalue weighted by atomic mass is 9.88. The van der Waals surface area contributed by atoms with Crippen LogP contribution in [-0.2, 0) is 0 Å². The molecule has 0 saturated carbocycles. The summed E-state index contributed by atoms with van der Waals surface area (Å²) < 4.78 is 77.0. The Morgan fingerprint density at radius 1 is 0.913 bits per heavy atom. The number of alkyl halides is 6. The maximum atomic E-state index is 12.8.